The molecule has 0 unspecified atom stereocenters. The second-order valence-electron chi connectivity index (χ2n) is 2.26. The SMILES string of the molecule is C=Cc1ccccc1S(=O)(=O)OCl. The highest BCUT2D eigenvalue weighted by molar-refractivity contribution is 7.87. The first kappa shape index (κ1) is 10.2. The Kier molecular flexibility index (Phi) is 3.08. The minimum atomic E-state index is -3.85. The Balaban J connectivity index is 3.37. The number of hydrogen-bond acceptors (Lipinski definition) is 3. The van der Waals surface area contributed by atoms with Crippen LogP contribution in [0.15, 0.2) is 35.7 Å². The average molecular weight is 219 g/mol. The maximum Gasteiger partial charge on any atom is 0.313 e. The lowest BCUT2D eigenvalue weighted by atomic mass is 10.2. The molecule has 0 aliphatic carbocycles. The number of benzene rings is 1. The number of hydrogen-bond donors (Lipinski definition) is 0. The molecule has 0 saturated carbocycles. The fourth-order valence-corrected chi connectivity index (χ4v) is 1.87. The van der Waals surface area contributed by atoms with Gasteiger partial charge in [-0.15, -0.1) is 0 Å². The largest absolute Gasteiger partial charge is 0.313 e. The topological polar surface area (TPSA) is 43.4 Å². The minimum absolute atomic E-state index is 0.0139. The molecule has 1 aromatic rings. The fraction of sp³-hybridized carbons (Fsp3) is 0. The van der Waals surface area contributed by atoms with Crippen molar-refractivity contribution < 1.29 is 12.2 Å². The van der Waals surface area contributed by atoms with Gasteiger partial charge in [-0.2, -0.15) is 12.2 Å². The molecule has 0 fully saturated rings. The van der Waals surface area contributed by atoms with Crippen LogP contribution in [-0.2, 0) is 13.9 Å². The maximum atomic E-state index is 11.2. The zero-order valence-electron chi connectivity index (χ0n) is 6.60. The molecule has 13 heavy (non-hydrogen) atoms. The van der Waals surface area contributed by atoms with E-state index in [0.29, 0.717) is 5.56 Å². The summed E-state index contributed by atoms with van der Waals surface area (Å²) in [5.74, 6) is 0. The van der Waals surface area contributed by atoms with Crippen LogP contribution in [0.3, 0.4) is 0 Å². The van der Waals surface area contributed by atoms with Gasteiger partial charge in [0, 0.05) is 0 Å². The maximum absolute atomic E-state index is 11.2. The zero-order valence-corrected chi connectivity index (χ0v) is 8.18. The van der Waals surface area contributed by atoms with E-state index in [1.165, 1.54) is 12.1 Å². The Morgan fingerprint density at radius 3 is 2.54 bits per heavy atom. The lowest BCUT2D eigenvalue weighted by molar-refractivity contribution is 0.508. The molecular formula is C8H7ClO3S. The van der Waals surface area contributed by atoms with Crippen molar-refractivity contribution in [3.63, 3.8) is 0 Å². The van der Waals surface area contributed by atoms with Crippen LogP contribution in [0, 0.1) is 0 Å². The number of halogens is 1. The van der Waals surface area contributed by atoms with Gasteiger partial charge in [-0.1, -0.05) is 30.9 Å². The van der Waals surface area contributed by atoms with Crippen molar-refractivity contribution in [1.82, 2.24) is 0 Å². The molecule has 0 heterocycles. The lowest BCUT2D eigenvalue weighted by Gasteiger charge is -2.02. The Labute approximate surface area is 81.9 Å². The summed E-state index contributed by atoms with van der Waals surface area (Å²) >= 11 is 4.83. The van der Waals surface area contributed by atoms with E-state index in [9.17, 15) is 8.42 Å². The highest BCUT2D eigenvalue weighted by atomic mass is 35.5. The second kappa shape index (κ2) is 3.91. The Hall–Kier alpha value is -0.840. The zero-order chi connectivity index (χ0) is 9.90. The summed E-state index contributed by atoms with van der Waals surface area (Å²) in [4.78, 5) is 0.0139. The normalized spacial score (nSPS) is 11.2. The third-order valence-electron chi connectivity index (χ3n) is 1.49. The van der Waals surface area contributed by atoms with Crippen LogP contribution in [0.25, 0.3) is 6.08 Å². The van der Waals surface area contributed by atoms with E-state index in [2.05, 4.69) is 10.3 Å². The highest BCUT2D eigenvalue weighted by Crippen LogP contribution is 2.19. The predicted octanol–water partition coefficient (Wildman–Crippen LogP) is 2.19. The third-order valence-corrected chi connectivity index (χ3v) is 3.07. The second-order valence-corrected chi connectivity index (χ2v) is 4.11. The molecule has 1 rings (SSSR count). The van der Waals surface area contributed by atoms with Gasteiger partial charge in [0.2, 0.25) is 0 Å². The van der Waals surface area contributed by atoms with E-state index in [1.54, 1.807) is 18.2 Å². The molecule has 0 saturated heterocycles. The predicted molar refractivity (Wildman–Crippen MR) is 50.7 cm³/mol. The van der Waals surface area contributed by atoms with Gasteiger partial charge in [0.15, 0.2) is 0 Å². The van der Waals surface area contributed by atoms with Crippen molar-refractivity contribution in [2.24, 2.45) is 0 Å². The summed E-state index contributed by atoms with van der Waals surface area (Å²) < 4.78 is 26.2. The van der Waals surface area contributed by atoms with Crippen LogP contribution in [0.1, 0.15) is 5.56 Å². The van der Waals surface area contributed by atoms with Crippen LogP contribution in [0.5, 0.6) is 0 Å². The standard InChI is InChI=1S/C8H7ClO3S/c1-2-7-5-3-4-6-8(7)13(10,11)12-9/h2-6H,1H2. The summed E-state index contributed by atoms with van der Waals surface area (Å²) in [5, 5.41) is 0. The van der Waals surface area contributed by atoms with Gasteiger partial charge < -0.3 is 0 Å². The molecule has 0 amide bonds. The van der Waals surface area contributed by atoms with E-state index < -0.39 is 10.1 Å². The molecule has 1 aromatic carbocycles. The van der Waals surface area contributed by atoms with Crippen LogP contribution >= 0.6 is 11.9 Å². The van der Waals surface area contributed by atoms with Gasteiger partial charge in [-0.3, -0.25) is 0 Å². The lowest BCUT2D eigenvalue weighted by Crippen LogP contribution is -2.01. The molecule has 0 aliphatic rings. The summed E-state index contributed by atoms with van der Waals surface area (Å²) in [6.45, 7) is 3.48. The minimum Gasteiger partial charge on any atom is -0.193 e. The molecule has 5 heteroatoms. The van der Waals surface area contributed by atoms with Crippen molar-refractivity contribution in [1.29, 1.82) is 0 Å². The first-order chi connectivity index (χ1) is 6.11. The van der Waals surface area contributed by atoms with E-state index in [-0.39, 0.29) is 4.90 Å². The van der Waals surface area contributed by atoms with Crippen molar-refractivity contribution in [3.8, 4) is 0 Å². The Morgan fingerprint density at radius 2 is 2.00 bits per heavy atom. The van der Waals surface area contributed by atoms with Crippen molar-refractivity contribution >= 4 is 28.1 Å². The van der Waals surface area contributed by atoms with Crippen molar-refractivity contribution in [2.45, 2.75) is 4.90 Å². The average Bonchev–Trinajstić information content (AvgIpc) is 2.18. The Bertz CT molecular complexity index is 411. The summed E-state index contributed by atoms with van der Waals surface area (Å²) in [6, 6.07) is 6.28. The molecule has 0 radical (unpaired) electrons. The van der Waals surface area contributed by atoms with Gasteiger partial charge in [0.1, 0.15) is 4.90 Å². The molecule has 0 aromatic heterocycles. The van der Waals surface area contributed by atoms with E-state index in [0.717, 1.165) is 0 Å². The Morgan fingerprint density at radius 1 is 1.38 bits per heavy atom. The van der Waals surface area contributed by atoms with E-state index in [1.807, 2.05) is 0 Å². The fourth-order valence-electron chi connectivity index (χ4n) is 0.911. The van der Waals surface area contributed by atoms with Gasteiger partial charge in [-0.25, -0.2) is 0 Å². The van der Waals surface area contributed by atoms with Crippen LogP contribution < -0.4 is 0 Å². The quantitative estimate of drug-likeness (QED) is 0.781. The molecule has 0 N–H and O–H groups in total. The van der Waals surface area contributed by atoms with E-state index in [4.69, 9.17) is 11.9 Å². The summed E-state index contributed by atoms with van der Waals surface area (Å²) in [6.07, 6.45) is 1.42. The molecular weight excluding hydrogens is 212 g/mol. The van der Waals surface area contributed by atoms with Gasteiger partial charge in [-0.05, 0) is 11.6 Å². The number of rotatable bonds is 3. The molecule has 70 valence electrons. The van der Waals surface area contributed by atoms with Crippen molar-refractivity contribution in [2.75, 3.05) is 0 Å². The summed E-state index contributed by atoms with van der Waals surface area (Å²) in [5.41, 5.74) is 0.461. The first-order valence-electron chi connectivity index (χ1n) is 3.38. The smallest absolute Gasteiger partial charge is 0.193 e. The van der Waals surface area contributed by atoms with Crippen LogP contribution in [0.4, 0.5) is 0 Å². The van der Waals surface area contributed by atoms with Crippen LogP contribution in [-0.4, -0.2) is 8.42 Å². The highest BCUT2D eigenvalue weighted by Gasteiger charge is 2.16. The third kappa shape index (κ3) is 2.09. The van der Waals surface area contributed by atoms with Gasteiger partial charge in [0.05, 0.1) is 11.9 Å². The monoisotopic (exact) mass is 218 g/mol. The molecule has 3 nitrogen and oxygen atoms in total. The molecule has 0 aliphatic heterocycles. The summed E-state index contributed by atoms with van der Waals surface area (Å²) in [7, 11) is -3.85. The molecule has 0 atom stereocenters. The van der Waals surface area contributed by atoms with Gasteiger partial charge >= 0.3 is 10.1 Å². The van der Waals surface area contributed by atoms with E-state index >= 15 is 0 Å². The molecule has 0 bridgehead atoms. The van der Waals surface area contributed by atoms with Crippen molar-refractivity contribution in [3.05, 3.63) is 36.4 Å². The molecule has 0 spiro atoms. The van der Waals surface area contributed by atoms with Gasteiger partial charge in [0.25, 0.3) is 0 Å². The first-order valence-corrected chi connectivity index (χ1v) is 5.10. The van der Waals surface area contributed by atoms with Crippen LogP contribution in [0.2, 0.25) is 0 Å².